The lowest BCUT2D eigenvalue weighted by Crippen LogP contribution is -2.01. The van der Waals surface area contributed by atoms with E-state index in [4.69, 9.17) is 11.0 Å². The molecule has 0 atom stereocenters. The lowest BCUT2D eigenvalue weighted by molar-refractivity contribution is 0.901. The van der Waals surface area contributed by atoms with E-state index in [1.807, 2.05) is 16.0 Å². The Balaban J connectivity index is 2.63. The second kappa shape index (κ2) is 3.17. The first kappa shape index (κ1) is 8.23. The maximum absolute atomic E-state index is 8.57. The van der Waals surface area contributed by atoms with Crippen molar-refractivity contribution in [2.75, 3.05) is 0 Å². The van der Waals surface area contributed by atoms with Gasteiger partial charge in [0.25, 0.3) is 0 Å². The molecule has 0 unspecified atom stereocenters. The van der Waals surface area contributed by atoms with Crippen molar-refractivity contribution in [3.8, 4) is 6.07 Å². The van der Waals surface area contributed by atoms with E-state index in [2.05, 4.69) is 11.1 Å². The second-order valence-electron chi connectivity index (χ2n) is 2.59. The zero-order valence-electron chi connectivity index (χ0n) is 6.90. The molecule has 2 aromatic heterocycles. The highest BCUT2D eigenvalue weighted by atomic mass is 32.1. The Bertz CT molecular complexity index is 462. The van der Waals surface area contributed by atoms with Gasteiger partial charge in [-0.25, -0.2) is 4.98 Å². The van der Waals surface area contributed by atoms with Gasteiger partial charge in [-0.05, 0) is 0 Å². The smallest absolute Gasteiger partial charge is 0.128 e. The van der Waals surface area contributed by atoms with Gasteiger partial charge in [-0.1, -0.05) is 0 Å². The summed E-state index contributed by atoms with van der Waals surface area (Å²) < 4.78 is 1.94. The first-order chi connectivity index (χ1) is 6.36. The Morgan fingerprint density at radius 1 is 1.69 bits per heavy atom. The molecule has 5 heteroatoms. The third-order valence-corrected chi connectivity index (χ3v) is 2.74. The standard InChI is InChI=1S/C8H8N4S/c9-2-1-6-8-12(3-4-13-8)7(5-10)11-6/h3-4H,1,5,10H2. The predicted octanol–water partition coefficient (Wildman–Crippen LogP) is 0.921. The average molecular weight is 192 g/mol. The zero-order chi connectivity index (χ0) is 9.26. The molecule has 4 nitrogen and oxygen atoms in total. The fourth-order valence-corrected chi connectivity index (χ4v) is 2.13. The Labute approximate surface area is 79.2 Å². The molecule has 0 saturated carbocycles. The van der Waals surface area contributed by atoms with E-state index >= 15 is 0 Å². The normalized spacial score (nSPS) is 10.5. The van der Waals surface area contributed by atoms with Crippen molar-refractivity contribution >= 4 is 16.2 Å². The first-order valence-corrected chi connectivity index (χ1v) is 4.75. The summed E-state index contributed by atoms with van der Waals surface area (Å²) in [6, 6.07) is 2.09. The van der Waals surface area contributed by atoms with E-state index in [0.29, 0.717) is 13.0 Å². The summed E-state index contributed by atoms with van der Waals surface area (Å²) in [5.74, 6) is 0.821. The van der Waals surface area contributed by atoms with Gasteiger partial charge in [0.1, 0.15) is 10.7 Å². The molecule has 0 aliphatic rings. The number of aromatic nitrogens is 2. The molecule has 0 bridgehead atoms. The van der Waals surface area contributed by atoms with Gasteiger partial charge >= 0.3 is 0 Å². The molecule has 2 aromatic rings. The summed E-state index contributed by atoms with van der Waals surface area (Å²) in [5.41, 5.74) is 6.35. The third kappa shape index (κ3) is 1.20. The average Bonchev–Trinajstić information content (AvgIpc) is 2.68. The van der Waals surface area contributed by atoms with Gasteiger partial charge in [-0.2, -0.15) is 5.26 Å². The fraction of sp³-hybridized carbons (Fsp3) is 0.250. The van der Waals surface area contributed by atoms with E-state index in [1.165, 1.54) is 0 Å². The molecule has 0 aliphatic carbocycles. The number of nitrogens with two attached hydrogens (primary N) is 1. The molecule has 2 heterocycles. The number of hydrogen-bond acceptors (Lipinski definition) is 4. The summed E-state index contributed by atoms with van der Waals surface area (Å²) in [7, 11) is 0. The molecule has 0 radical (unpaired) electrons. The molecular weight excluding hydrogens is 184 g/mol. The highest BCUT2D eigenvalue weighted by molar-refractivity contribution is 7.15. The Hall–Kier alpha value is -1.38. The SMILES string of the molecule is N#CCc1nc(CN)n2ccsc12. The monoisotopic (exact) mass is 192 g/mol. The molecule has 2 rings (SSSR count). The van der Waals surface area contributed by atoms with Crippen molar-refractivity contribution in [2.24, 2.45) is 5.73 Å². The molecule has 0 fully saturated rings. The number of thiazole rings is 1. The van der Waals surface area contributed by atoms with Gasteiger partial charge in [0.15, 0.2) is 0 Å². The van der Waals surface area contributed by atoms with Crippen LogP contribution >= 0.6 is 11.3 Å². The van der Waals surface area contributed by atoms with Crippen LogP contribution in [0.5, 0.6) is 0 Å². The lowest BCUT2D eigenvalue weighted by Gasteiger charge is -1.88. The van der Waals surface area contributed by atoms with Crippen molar-refractivity contribution in [3.05, 3.63) is 23.1 Å². The zero-order valence-corrected chi connectivity index (χ0v) is 7.71. The largest absolute Gasteiger partial charge is 0.324 e. The van der Waals surface area contributed by atoms with Crippen molar-refractivity contribution in [2.45, 2.75) is 13.0 Å². The Morgan fingerprint density at radius 2 is 2.54 bits per heavy atom. The quantitative estimate of drug-likeness (QED) is 0.769. The van der Waals surface area contributed by atoms with Crippen LogP contribution in [0.2, 0.25) is 0 Å². The van der Waals surface area contributed by atoms with Crippen molar-refractivity contribution in [3.63, 3.8) is 0 Å². The molecule has 66 valence electrons. The van der Waals surface area contributed by atoms with Gasteiger partial charge in [0.2, 0.25) is 0 Å². The summed E-state index contributed by atoms with van der Waals surface area (Å²) in [6.45, 7) is 0.406. The van der Waals surface area contributed by atoms with Crippen LogP contribution in [0.4, 0.5) is 0 Å². The van der Waals surface area contributed by atoms with E-state index in [1.54, 1.807) is 11.3 Å². The van der Waals surface area contributed by atoms with Crippen LogP contribution in [-0.2, 0) is 13.0 Å². The van der Waals surface area contributed by atoms with E-state index < -0.39 is 0 Å². The number of rotatable bonds is 2. The molecule has 0 aliphatic heterocycles. The van der Waals surface area contributed by atoms with Gasteiger partial charge < -0.3 is 5.73 Å². The van der Waals surface area contributed by atoms with Crippen molar-refractivity contribution in [1.82, 2.24) is 9.38 Å². The fourth-order valence-electron chi connectivity index (χ4n) is 1.28. The van der Waals surface area contributed by atoms with Crippen LogP contribution in [0.3, 0.4) is 0 Å². The van der Waals surface area contributed by atoms with Crippen LogP contribution in [-0.4, -0.2) is 9.38 Å². The van der Waals surface area contributed by atoms with Crippen LogP contribution in [0.15, 0.2) is 11.6 Å². The molecule has 0 aromatic carbocycles. The lowest BCUT2D eigenvalue weighted by atomic mass is 10.4. The minimum Gasteiger partial charge on any atom is -0.324 e. The topological polar surface area (TPSA) is 67.1 Å². The molecule has 0 saturated heterocycles. The minimum atomic E-state index is 0.351. The second-order valence-corrected chi connectivity index (χ2v) is 3.49. The third-order valence-electron chi connectivity index (χ3n) is 1.83. The summed E-state index contributed by atoms with van der Waals surface area (Å²) >= 11 is 1.58. The predicted molar refractivity (Wildman–Crippen MR) is 50.3 cm³/mol. The Morgan fingerprint density at radius 3 is 3.23 bits per heavy atom. The molecule has 2 N–H and O–H groups in total. The Kier molecular flexibility index (Phi) is 2.00. The maximum atomic E-state index is 8.57. The number of nitriles is 1. The first-order valence-electron chi connectivity index (χ1n) is 3.87. The van der Waals surface area contributed by atoms with Gasteiger partial charge in [-0.15, -0.1) is 11.3 Å². The van der Waals surface area contributed by atoms with Gasteiger partial charge in [0, 0.05) is 11.6 Å². The van der Waals surface area contributed by atoms with E-state index in [-0.39, 0.29) is 0 Å². The van der Waals surface area contributed by atoms with Crippen LogP contribution < -0.4 is 5.73 Å². The minimum absolute atomic E-state index is 0.351. The maximum Gasteiger partial charge on any atom is 0.128 e. The van der Waals surface area contributed by atoms with Crippen molar-refractivity contribution < 1.29 is 0 Å². The summed E-state index contributed by atoms with van der Waals surface area (Å²) in [4.78, 5) is 5.31. The highest BCUT2D eigenvalue weighted by Gasteiger charge is 2.09. The van der Waals surface area contributed by atoms with Crippen LogP contribution in [0, 0.1) is 11.3 Å². The van der Waals surface area contributed by atoms with Crippen LogP contribution in [0.1, 0.15) is 11.5 Å². The number of imidazole rings is 1. The summed E-state index contributed by atoms with van der Waals surface area (Å²) in [6.07, 6.45) is 2.28. The van der Waals surface area contributed by atoms with E-state index in [0.717, 1.165) is 16.3 Å². The molecule has 0 spiro atoms. The number of nitrogens with zero attached hydrogens (tertiary/aromatic N) is 3. The van der Waals surface area contributed by atoms with Crippen molar-refractivity contribution in [1.29, 1.82) is 5.26 Å². The van der Waals surface area contributed by atoms with E-state index in [9.17, 15) is 0 Å². The summed E-state index contributed by atoms with van der Waals surface area (Å²) in [5, 5.41) is 10.5. The molecule has 0 amide bonds. The van der Waals surface area contributed by atoms with Gasteiger partial charge in [-0.3, -0.25) is 4.40 Å². The highest BCUT2D eigenvalue weighted by Crippen LogP contribution is 2.19. The van der Waals surface area contributed by atoms with Gasteiger partial charge in [0.05, 0.1) is 24.7 Å². The molecular formula is C8H8N4S. The van der Waals surface area contributed by atoms with Crippen LogP contribution in [0.25, 0.3) is 4.83 Å². The number of fused-ring (bicyclic) bond motifs is 1. The number of hydrogen-bond donors (Lipinski definition) is 1. The molecule has 13 heavy (non-hydrogen) atoms.